The third-order valence-corrected chi connectivity index (χ3v) is 3.43. The summed E-state index contributed by atoms with van der Waals surface area (Å²) in [5.41, 5.74) is -0.106. The van der Waals surface area contributed by atoms with Crippen molar-refractivity contribution < 1.29 is 9.53 Å². The van der Waals surface area contributed by atoms with E-state index in [1.807, 2.05) is 18.7 Å². The van der Waals surface area contributed by atoms with Crippen molar-refractivity contribution in [2.45, 2.75) is 32.3 Å². The Labute approximate surface area is 96.6 Å². The number of carbonyl (C=O) groups excluding carboxylic acids is 1. The van der Waals surface area contributed by atoms with Gasteiger partial charge in [-0.25, -0.2) is 0 Å². The Morgan fingerprint density at radius 1 is 1.50 bits per heavy atom. The molecule has 0 aromatic heterocycles. The molecule has 2 fully saturated rings. The van der Waals surface area contributed by atoms with Gasteiger partial charge in [-0.2, -0.15) is 0 Å². The summed E-state index contributed by atoms with van der Waals surface area (Å²) in [4.78, 5) is 13.8. The van der Waals surface area contributed by atoms with Crippen molar-refractivity contribution in [1.82, 2.24) is 10.2 Å². The van der Waals surface area contributed by atoms with E-state index in [-0.39, 0.29) is 17.4 Å². The van der Waals surface area contributed by atoms with E-state index in [2.05, 4.69) is 11.9 Å². The molecule has 1 amide bonds. The van der Waals surface area contributed by atoms with Gasteiger partial charge in [-0.15, -0.1) is 0 Å². The highest BCUT2D eigenvalue weighted by atomic mass is 16.5. The zero-order valence-electron chi connectivity index (χ0n) is 10.1. The summed E-state index contributed by atoms with van der Waals surface area (Å²) >= 11 is 0. The lowest BCUT2D eigenvalue weighted by Gasteiger charge is -2.38. The van der Waals surface area contributed by atoms with E-state index in [1.165, 1.54) is 0 Å². The summed E-state index contributed by atoms with van der Waals surface area (Å²) in [6.07, 6.45) is 1.80. The quantitative estimate of drug-likeness (QED) is 0.725. The average molecular weight is 224 g/mol. The van der Waals surface area contributed by atoms with Crippen molar-refractivity contribution in [3.05, 3.63) is 12.5 Å². The van der Waals surface area contributed by atoms with Crippen LogP contribution in [-0.2, 0) is 9.53 Å². The number of piperidine rings is 1. The SMILES string of the molecule is C=C1NCC2(CCN(C(=O)C(C)C)CC2)O1. The number of carbonyl (C=O) groups is 1. The molecule has 2 rings (SSSR count). The van der Waals surface area contributed by atoms with Gasteiger partial charge in [0.15, 0.2) is 5.88 Å². The number of amides is 1. The van der Waals surface area contributed by atoms with E-state index in [4.69, 9.17) is 4.74 Å². The minimum Gasteiger partial charge on any atom is -0.471 e. The number of hydrogen-bond donors (Lipinski definition) is 1. The lowest BCUT2D eigenvalue weighted by atomic mass is 9.91. The summed E-state index contributed by atoms with van der Waals surface area (Å²) in [6, 6.07) is 0. The van der Waals surface area contributed by atoms with Crippen LogP contribution in [0.3, 0.4) is 0 Å². The third-order valence-electron chi connectivity index (χ3n) is 3.43. The van der Waals surface area contributed by atoms with Gasteiger partial charge in [0, 0.05) is 31.8 Å². The van der Waals surface area contributed by atoms with E-state index in [0.29, 0.717) is 5.88 Å². The lowest BCUT2D eigenvalue weighted by molar-refractivity contribution is -0.138. The van der Waals surface area contributed by atoms with Gasteiger partial charge < -0.3 is 15.0 Å². The molecule has 2 aliphatic rings. The second-order valence-electron chi connectivity index (χ2n) is 5.04. The van der Waals surface area contributed by atoms with Gasteiger partial charge in [-0.3, -0.25) is 4.79 Å². The average Bonchev–Trinajstić information content (AvgIpc) is 2.60. The van der Waals surface area contributed by atoms with Gasteiger partial charge in [0.25, 0.3) is 0 Å². The third kappa shape index (κ3) is 2.01. The van der Waals surface area contributed by atoms with Crippen LogP contribution in [0.5, 0.6) is 0 Å². The first-order chi connectivity index (χ1) is 7.52. The van der Waals surface area contributed by atoms with E-state index >= 15 is 0 Å². The molecule has 2 heterocycles. The lowest BCUT2D eigenvalue weighted by Crippen LogP contribution is -2.49. The van der Waals surface area contributed by atoms with Crippen molar-refractivity contribution in [1.29, 1.82) is 0 Å². The molecule has 0 bridgehead atoms. The zero-order chi connectivity index (χ0) is 11.8. The summed E-state index contributed by atoms with van der Waals surface area (Å²) < 4.78 is 5.73. The maximum absolute atomic E-state index is 11.8. The van der Waals surface area contributed by atoms with Crippen LogP contribution in [0, 0.1) is 5.92 Å². The molecular formula is C12H20N2O2. The normalized spacial score (nSPS) is 23.4. The van der Waals surface area contributed by atoms with Crippen molar-refractivity contribution in [3.8, 4) is 0 Å². The molecule has 0 radical (unpaired) electrons. The molecule has 4 heteroatoms. The number of nitrogens with one attached hydrogen (secondary N) is 1. The molecular weight excluding hydrogens is 204 g/mol. The molecule has 1 N–H and O–H groups in total. The fourth-order valence-corrected chi connectivity index (χ4v) is 2.37. The molecule has 0 unspecified atom stereocenters. The largest absolute Gasteiger partial charge is 0.471 e. The Hall–Kier alpha value is -1.19. The van der Waals surface area contributed by atoms with Crippen LogP contribution in [0.25, 0.3) is 0 Å². The van der Waals surface area contributed by atoms with E-state index in [9.17, 15) is 4.79 Å². The highest BCUT2D eigenvalue weighted by Crippen LogP contribution is 2.31. The fourth-order valence-electron chi connectivity index (χ4n) is 2.37. The van der Waals surface area contributed by atoms with Gasteiger partial charge in [0.2, 0.25) is 5.91 Å². The predicted octanol–water partition coefficient (Wildman–Crippen LogP) is 1.09. The van der Waals surface area contributed by atoms with Gasteiger partial charge >= 0.3 is 0 Å². The molecule has 16 heavy (non-hydrogen) atoms. The van der Waals surface area contributed by atoms with Gasteiger partial charge in [-0.1, -0.05) is 13.8 Å². The van der Waals surface area contributed by atoms with Crippen LogP contribution in [0.15, 0.2) is 12.5 Å². The maximum Gasteiger partial charge on any atom is 0.225 e. The molecule has 1 spiro atoms. The Bertz CT molecular complexity index is 304. The zero-order valence-corrected chi connectivity index (χ0v) is 10.1. The Kier molecular flexibility index (Phi) is 2.82. The minimum absolute atomic E-state index is 0.0895. The van der Waals surface area contributed by atoms with Crippen LogP contribution in [0.1, 0.15) is 26.7 Å². The van der Waals surface area contributed by atoms with Crippen LogP contribution in [0.4, 0.5) is 0 Å². The first-order valence-corrected chi connectivity index (χ1v) is 5.93. The van der Waals surface area contributed by atoms with Crippen LogP contribution in [0.2, 0.25) is 0 Å². The molecule has 2 aliphatic heterocycles. The number of rotatable bonds is 1. The summed E-state index contributed by atoms with van der Waals surface area (Å²) in [6.45, 7) is 10.1. The molecule has 0 saturated carbocycles. The first kappa shape index (κ1) is 11.3. The summed E-state index contributed by atoms with van der Waals surface area (Å²) in [7, 11) is 0. The minimum atomic E-state index is -0.106. The Balaban J connectivity index is 1.92. The second-order valence-corrected chi connectivity index (χ2v) is 5.04. The van der Waals surface area contributed by atoms with Crippen LogP contribution in [-0.4, -0.2) is 36.0 Å². The van der Waals surface area contributed by atoms with Crippen molar-refractivity contribution in [2.24, 2.45) is 5.92 Å². The molecule has 0 atom stereocenters. The van der Waals surface area contributed by atoms with E-state index in [0.717, 1.165) is 32.5 Å². The topological polar surface area (TPSA) is 41.6 Å². The van der Waals surface area contributed by atoms with E-state index < -0.39 is 0 Å². The number of ether oxygens (including phenoxy) is 1. The Morgan fingerprint density at radius 2 is 2.12 bits per heavy atom. The molecule has 0 aromatic carbocycles. The van der Waals surface area contributed by atoms with Crippen molar-refractivity contribution in [3.63, 3.8) is 0 Å². The van der Waals surface area contributed by atoms with E-state index in [1.54, 1.807) is 0 Å². The second kappa shape index (κ2) is 4.00. The molecule has 0 aromatic rings. The Morgan fingerprint density at radius 3 is 2.56 bits per heavy atom. The highest BCUT2D eigenvalue weighted by Gasteiger charge is 2.41. The number of hydrogen-bond acceptors (Lipinski definition) is 3. The maximum atomic E-state index is 11.8. The van der Waals surface area contributed by atoms with Crippen molar-refractivity contribution in [2.75, 3.05) is 19.6 Å². The van der Waals surface area contributed by atoms with Gasteiger partial charge in [-0.05, 0) is 6.58 Å². The number of nitrogens with zero attached hydrogens (tertiary/aromatic N) is 1. The molecule has 90 valence electrons. The summed E-state index contributed by atoms with van der Waals surface area (Å²) in [5, 5.41) is 3.13. The van der Waals surface area contributed by atoms with Gasteiger partial charge in [0.05, 0.1) is 6.54 Å². The predicted molar refractivity (Wildman–Crippen MR) is 61.6 cm³/mol. The number of likely N-dealkylation sites (tertiary alicyclic amines) is 1. The highest BCUT2D eigenvalue weighted by molar-refractivity contribution is 5.78. The molecule has 0 aliphatic carbocycles. The molecule has 2 saturated heterocycles. The van der Waals surface area contributed by atoms with Crippen LogP contribution < -0.4 is 5.32 Å². The standard InChI is InChI=1S/C12H20N2O2/c1-9(2)11(15)14-6-4-12(5-7-14)8-13-10(3)16-12/h9,13H,3-8H2,1-2H3. The monoisotopic (exact) mass is 224 g/mol. The fraction of sp³-hybridized carbons (Fsp3) is 0.750. The van der Waals surface area contributed by atoms with Crippen LogP contribution >= 0.6 is 0 Å². The molecule has 4 nitrogen and oxygen atoms in total. The smallest absolute Gasteiger partial charge is 0.225 e. The van der Waals surface area contributed by atoms with Gasteiger partial charge in [0.1, 0.15) is 5.60 Å². The first-order valence-electron chi connectivity index (χ1n) is 5.93. The van der Waals surface area contributed by atoms with Crippen molar-refractivity contribution >= 4 is 5.91 Å². The summed E-state index contributed by atoms with van der Waals surface area (Å²) in [5.74, 6) is 1.01.